The van der Waals surface area contributed by atoms with Gasteiger partial charge in [0.05, 0.1) is 0 Å². The Labute approximate surface area is 73.2 Å². The van der Waals surface area contributed by atoms with Gasteiger partial charge in [-0.2, -0.15) is 0 Å². The van der Waals surface area contributed by atoms with Crippen LogP contribution in [0.5, 0.6) is 0 Å². The van der Waals surface area contributed by atoms with E-state index in [9.17, 15) is 4.79 Å². The van der Waals surface area contributed by atoms with Crippen molar-refractivity contribution in [3.05, 3.63) is 0 Å². The van der Waals surface area contributed by atoms with E-state index in [0.717, 1.165) is 0 Å². The van der Waals surface area contributed by atoms with Gasteiger partial charge in [0.15, 0.2) is 5.66 Å². The Hall–Kier alpha value is -0.610. The molecule has 0 unspecified atom stereocenters. The minimum absolute atomic E-state index is 0.363. The second-order valence-corrected chi connectivity index (χ2v) is 3.90. The quantitative estimate of drug-likeness (QED) is 0.468. The first-order valence-corrected chi connectivity index (χ1v) is 4.00. The van der Waals surface area contributed by atoms with Crippen LogP contribution in [0.4, 0.5) is 0 Å². The van der Waals surface area contributed by atoms with Crippen molar-refractivity contribution in [3.8, 4) is 0 Å². The number of ether oxygens (including phenoxy) is 1. The molecule has 0 aromatic carbocycles. The lowest BCUT2D eigenvalue weighted by Gasteiger charge is -2.27. The van der Waals surface area contributed by atoms with Crippen molar-refractivity contribution < 1.29 is 9.53 Å². The predicted octanol–water partition coefficient (Wildman–Crippen LogP) is 0.352. The van der Waals surface area contributed by atoms with E-state index in [2.05, 4.69) is 0 Å². The molecule has 0 bridgehead atoms. The molecule has 0 saturated carbocycles. The third-order valence-corrected chi connectivity index (χ3v) is 1.36. The molecule has 0 aromatic rings. The number of hydrogen-bond donors (Lipinski definition) is 2. The van der Waals surface area contributed by atoms with Crippen LogP contribution in [-0.2, 0) is 9.53 Å². The lowest BCUT2D eigenvalue weighted by atomic mass is 10.1. The predicted molar refractivity (Wildman–Crippen MR) is 47.2 cm³/mol. The molecular weight excluding hydrogens is 156 g/mol. The van der Waals surface area contributed by atoms with Crippen molar-refractivity contribution in [3.63, 3.8) is 0 Å². The molecule has 0 heterocycles. The normalized spacial score (nSPS) is 12.8. The third-order valence-electron chi connectivity index (χ3n) is 1.36. The monoisotopic (exact) mass is 174 g/mol. The highest BCUT2D eigenvalue weighted by molar-refractivity contribution is 5.79. The maximum absolute atomic E-state index is 11.2. The molecule has 0 atom stereocenters. The second-order valence-electron chi connectivity index (χ2n) is 3.90. The Morgan fingerprint density at radius 3 is 2.00 bits per heavy atom. The molecule has 72 valence electrons. The number of carbonyl (C=O) groups excluding carboxylic acids is 1. The SMILES string of the molecule is CCC(N)(N)C(=O)OC(C)(C)C. The lowest BCUT2D eigenvalue weighted by Crippen LogP contribution is -2.58. The number of rotatable bonds is 2. The number of hydrogen-bond acceptors (Lipinski definition) is 4. The zero-order valence-electron chi connectivity index (χ0n) is 8.18. The summed E-state index contributed by atoms with van der Waals surface area (Å²) >= 11 is 0. The topological polar surface area (TPSA) is 78.3 Å². The van der Waals surface area contributed by atoms with Crippen LogP contribution in [0.25, 0.3) is 0 Å². The van der Waals surface area contributed by atoms with Crippen LogP contribution < -0.4 is 11.5 Å². The Balaban J connectivity index is 4.23. The van der Waals surface area contributed by atoms with Crippen LogP contribution in [-0.4, -0.2) is 17.2 Å². The second kappa shape index (κ2) is 3.41. The average Bonchev–Trinajstić information content (AvgIpc) is 1.84. The molecule has 4 N–H and O–H groups in total. The van der Waals surface area contributed by atoms with Gasteiger partial charge in [0, 0.05) is 0 Å². The van der Waals surface area contributed by atoms with E-state index in [-0.39, 0.29) is 0 Å². The Morgan fingerprint density at radius 1 is 1.33 bits per heavy atom. The summed E-state index contributed by atoms with van der Waals surface area (Å²) < 4.78 is 5.00. The molecule has 0 saturated heterocycles. The van der Waals surface area contributed by atoms with Gasteiger partial charge in [0.1, 0.15) is 5.60 Å². The Bertz CT molecular complexity index is 170. The molecule has 0 amide bonds. The Morgan fingerprint density at radius 2 is 1.75 bits per heavy atom. The molecule has 4 heteroatoms. The summed E-state index contributed by atoms with van der Waals surface area (Å²) in [6.07, 6.45) is 0.363. The molecule has 4 nitrogen and oxygen atoms in total. The van der Waals surface area contributed by atoms with Crippen molar-refractivity contribution in [2.75, 3.05) is 0 Å². The molecular formula is C8H18N2O2. The molecule has 12 heavy (non-hydrogen) atoms. The fourth-order valence-corrected chi connectivity index (χ4v) is 0.517. The molecule has 0 spiro atoms. The first-order chi connectivity index (χ1) is 5.19. The minimum atomic E-state index is -1.35. The van der Waals surface area contributed by atoms with Gasteiger partial charge >= 0.3 is 5.97 Å². The maximum atomic E-state index is 11.2. The zero-order chi connectivity index (χ0) is 9.99. The van der Waals surface area contributed by atoms with Gasteiger partial charge in [-0.25, -0.2) is 4.79 Å². The highest BCUT2D eigenvalue weighted by Crippen LogP contribution is 2.11. The summed E-state index contributed by atoms with van der Waals surface area (Å²) in [5.41, 5.74) is 9.05. The molecule has 0 rings (SSSR count). The van der Waals surface area contributed by atoms with E-state index in [1.54, 1.807) is 27.7 Å². The smallest absolute Gasteiger partial charge is 0.341 e. The number of esters is 1. The van der Waals surface area contributed by atoms with Crippen LogP contribution in [0.1, 0.15) is 34.1 Å². The fourth-order valence-electron chi connectivity index (χ4n) is 0.517. The zero-order valence-corrected chi connectivity index (χ0v) is 8.18. The first-order valence-electron chi connectivity index (χ1n) is 4.00. The molecule has 0 aromatic heterocycles. The summed E-state index contributed by atoms with van der Waals surface area (Å²) in [5, 5.41) is 0. The van der Waals surface area contributed by atoms with Crippen molar-refractivity contribution in [2.45, 2.75) is 45.4 Å². The van der Waals surface area contributed by atoms with Crippen LogP contribution in [0.15, 0.2) is 0 Å². The third kappa shape index (κ3) is 3.69. The minimum Gasteiger partial charge on any atom is -0.458 e. The van der Waals surface area contributed by atoms with Crippen molar-refractivity contribution in [1.82, 2.24) is 0 Å². The molecule has 0 radical (unpaired) electrons. The lowest BCUT2D eigenvalue weighted by molar-refractivity contribution is -0.161. The van der Waals surface area contributed by atoms with Gasteiger partial charge < -0.3 is 16.2 Å². The summed E-state index contributed by atoms with van der Waals surface area (Å²) in [5.74, 6) is -0.558. The summed E-state index contributed by atoms with van der Waals surface area (Å²) in [6.45, 7) is 7.06. The van der Waals surface area contributed by atoms with Crippen LogP contribution in [0, 0.1) is 0 Å². The van der Waals surface area contributed by atoms with Gasteiger partial charge in [-0.05, 0) is 27.2 Å². The van der Waals surface area contributed by atoms with Crippen LogP contribution in [0.2, 0.25) is 0 Å². The summed E-state index contributed by atoms with van der Waals surface area (Å²) in [7, 11) is 0. The number of nitrogens with two attached hydrogens (primary N) is 2. The summed E-state index contributed by atoms with van der Waals surface area (Å²) in [6, 6.07) is 0. The molecule has 0 fully saturated rings. The van der Waals surface area contributed by atoms with E-state index in [0.29, 0.717) is 6.42 Å². The largest absolute Gasteiger partial charge is 0.458 e. The van der Waals surface area contributed by atoms with E-state index in [4.69, 9.17) is 16.2 Å². The molecule has 0 aliphatic rings. The molecule has 0 aliphatic heterocycles. The van der Waals surface area contributed by atoms with E-state index in [1.165, 1.54) is 0 Å². The Kier molecular flexibility index (Phi) is 3.24. The highest BCUT2D eigenvalue weighted by Gasteiger charge is 2.31. The highest BCUT2D eigenvalue weighted by atomic mass is 16.6. The van der Waals surface area contributed by atoms with Crippen LogP contribution >= 0.6 is 0 Å². The van der Waals surface area contributed by atoms with E-state index >= 15 is 0 Å². The molecule has 0 aliphatic carbocycles. The van der Waals surface area contributed by atoms with Crippen molar-refractivity contribution in [1.29, 1.82) is 0 Å². The maximum Gasteiger partial charge on any atom is 0.341 e. The summed E-state index contributed by atoms with van der Waals surface area (Å²) in [4.78, 5) is 11.2. The van der Waals surface area contributed by atoms with E-state index in [1.807, 2.05) is 0 Å². The van der Waals surface area contributed by atoms with Gasteiger partial charge in [0.2, 0.25) is 0 Å². The number of carbonyl (C=O) groups is 1. The fraction of sp³-hybridized carbons (Fsp3) is 0.875. The van der Waals surface area contributed by atoms with Gasteiger partial charge in [-0.3, -0.25) is 0 Å². The van der Waals surface area contributed by atoms with Crippen molar-refractivity contribution >= 4 is 5.97 Å². The van der Waals surface area contributed by atoms with Gasteiger partial charge in [-0.15, -0.1) is 0 Å². The van der Waals surface area contributed by atoms with Crippen molar-refractivity contribution in [2.24, 2.45) is 11.5 Å². The standard InChI is InChI=1S/C8H18N2O2/c1-5-8(9,10)6(11)12-7(2,3)4/h5,9-10H2,1-4H3. The van der Waals surface area contributed by atoms with Gasteiger partial charge in [0.25, 0.3) is 0 Å². The van der Waals surface area contributed by atoms with Crippen LogP contribution in [0.3, 0.4) is 0 Å². The first kappa shape index (κ1) is 11.4. The average molecular weight is 174 g/mol. The van der Waals surface area contributed by atoms with Gasteiger partial charge in [-0.1, -0.05) is 6.92 Å². The van der Waals surface area contributed by atoms with E-state index < -0.39 is 17.2 Å².